The molecule has 106 valence electrons. The standard InChI is InChI=1S/C13H16F3NO2/c1-8(13(14,15)16)19-11-7-18-10-6-4-3-5-9(10)12(11)17-2/h3-6,8,11-12,17H,7H2,1-2H3. The summed E-state index contributed by atoms with van der Waals surface area (Å²) in [5.41, 5.74) is 0.815. The zero-order chi connectivity index (χ0) is 14.0. The molecule has 6 heteroatoms. The maximum Gasteiger partial charge on any atom is 0.414 e. The molecule has 1 aromatic rings. The van der Waals surface area contributed by atoms with Gasteiger partial charge in [-0.2, -0.15) is 13.2 Å². The predicted octanol–water partition coefficient (Wildman–Crippen LogP) is 2.68. The van der Waals surface area contributed by atoms with E-state index in [9.17, 15) is 13.2 Å². The third-order valence-corrected chi connectivity index (χ3v) is 3.18. The lowest BCUT2D eigenvalue weighted by atomic mass is 9.98. The van der Waals surface area contributed by atoms with Crippen molar-refractivity contribution in [3.8, 4) is 5.75 Å². The van der Waals surface area contributed by atoms with E-state index in [1.54, 1.807) is 13.1 Å². The van der Waals surface area contributed by atoms with Gasteiger partial charge in [-0.05, 0) is 20.0 Å². The number of ether oxygens (including phenoxy) is 2. The molecule has 0 aliphatic carbocycles. The minimum absolute atomic E-state index is 0.100. The largest absolute Gasteiger partial charge is 0.490 e. The Morgan fingerprint density at radius 3 is 2.68 bits per heavy atom. The van der Waals surface area contributed by atoms with Crippen molar-refractivity contribution in [2.45, 2.75) is 31.3 Å². The van der Waals surface area contributed by atoms with Gasteiger partial charge in [0.25, 0.3) is 0 Å². The van der Waals surface area contributed by atoms with Crippen LogP contribution in [0.25, 0.3) is 0 Å². The molecule has 0 spiro atoms. The van der Waals surface area contributed by atoms with E-state index in [1.165, 1.54) is 0 Å². The van der Waals surface area contributed by atoms with Crippen molar-refractivity contribution in [1.82, 2.24) is 5.32 Å². The number of hydrogen-bond acceptors (Lipinski definition) is 3. The van der Waals surface area contributed by atoms with Crippen LogP contribution < -0.4 is 10.1 Å². The fraction of sp³-hybridized carbons (Fsp3) is 0.538. The van der Waals surface area contributed by atoms with Gasteiger partial charge in [0.2, 0.25) is 0 Å². The zero-order valence-corrected chi connectivity index (χ0v) is 10.7. The molecular formula is C13H16F3NO2. The molecule has 1 N–H and O–H groups in total. The lowest BCUT2D eigenvalue weighted by Gasteiger charge is -2.35. The third kappa shape index (κ3) is 3.01. The number of benzene rings is 1. The Morgan fingerprint density at radius 2 is 2.05 bits per heavy atom. The van der Waals surface area contributed by atoms with Crippen LogP contribution in [0.1, 0.15) is 18.5 Å². The highest BCUT2D eigenvalue weighted by Crippen LogP contribution is 2.35. The second-order valence-electron chi connectivity index (χ2n) is 4.47. The Bertz CT molecular complexity index is 436. The first-order chi connectivity index (χ1) is 8.93. The minimum atomic E-state index is -4.37. The zero-order valence-electron chi connectivity index (χ0n) is 10.7. The maximum atomic E-state index is 12.5. The van der Waals surface area contributed by atoms with Crippen molar-refractivity contribution >= 4 is 0 Å². The van der Waals surface area contributed by atoms with Crippen molar-refractivity contribution in [3.63, 3.8) is 0 Å². The fourth-order valence-corrected chi connectivity index (χ4v) is 2.14. The first-order valence-electron chi connectivity index (χ1n) is 6.04. The molecule has 0 saturated carbocycles. The van der Waals surface area contributed by atoms with Crippen LogP contribution in [-0.2, 0) is 4.74 Å². The molecule has 1 heterocycles. The number of alkyl halides is 3. The number of hydrogen-bond donors (Lipinski definition) is 1. The molecule has 0 bridgehead atoms. The topological polar surface area (TPSA) is 30.5 Å². The molecular weight excluding hydrogens is 259 g/mol. The van der Waals surface area contributed by atoms with Gasteiger partial charge in [-0.3, -0.25) is 0 Å². The average Bonchev–Trinajstić information content (AvgIpc) is 2.37. The maximum absolute atomic E-state index is 12.5. The molecule has 0 amide bonds. The summed E-state index contributed by atoms with van der Waals surface area (Å²) in [6.45, 7) is 1.11. The lowest BCUT2D eigenvalue weighted by molar-refractivity contribution is -0.233. The van der Waals surface area contributed by atoms with E-state index in [-0.39, 0.29) is 12.6 Å². The monoisotopic (exact) mass is 275 g/mol. The summed E-state index contributed by atoms with van der Waals surface area (Å²) < 4.78 is 48.2. The molecule has 0 fully saturated rings. The normalized spacial score (nSPS) is 24.5. The average molecular weight is 275 g/mol. The van der Waals surface area contributed by atoms with Gasteiger partial charge < -0.3 is 14.8 Å². The predicted molar refractivity (Wildman–Crippen MR) is 64.1 cm³/mol. The quantitative estimate of drug-likeness (QED) is 0.920. The Hall–Kier alpha value is -1.27. The SMILES string of the molecule is CNC1c2ccccc2OCC1OC(C)C(F)(F)F. The summed E-state index contributed by atoms with van der Waals surface area (Å²) in [5, 5.41) is 2.99. The van der Waals surface area contributed by atoms with Gasteiger partial charge >= 0.3 is 6.18 Å². The van der Waals surface area contributed by atoms with Crippen LogP contribution in [0.4, 0.5) is 13.2 Å². The molecule has 0 saturated heterocycles. The van der Waals surface area contributed by atoms with Crippen LogP contribution in [-0.4, -0.2) is 32.0 Å². The van der Waals surface area contributed by atoms with E-state index < -0.39 is 18.4 Å². The Labute approximate surface area is 109 Å². The van der Waals surface area contributed by atoms with Crippen molar-refractivity contribution in [3.05, 3.63) is 29.8 Å². The van der Waals surface area contributed by atoms with Gasteiger partial charge in [0, 0.05) is 5.56 Å². The van der Waals surface area contributed by atoms with Gasteiger partial charge in [-0.1, -0.05) is 18.2 Å². The smallest absolute Gasteiger partial charge is 0.414 e. The highest BCUT2D eigenvalue weighted by atomic mass is 19.4. The summed E-state index contributed by atoms with van der Waals surface area (Å²) in [7, 11) is 1.70. The highest BCUT2D eigenvalue weighted by Gasteiger charge is 2.41. The summed E-state index contributed by atoms with van der Waals surface area (Å²) in [6, 6.07) is 6.95. The summed E-state index contributed by atoms with van der Waals surface area (Å²) in [6.07, 6.45) is -6.85. The van der Waals surface area contributed by atoms with Gasteiger partial charge in [-0.25, -0.2) is 0 Å². The summed E-state index contributed by atoms with van der Waals surface area (Å²) >= 11 is 0. The number of fused-ring (bicyclic) bond motifs is 1. The van der Waals surface area contributed by atoms with Crippen LogP contribution in [0.2, 0.25) is 0 Å². The number of nitrogens with one attached hydrogen (secondary N) is 1. The van der Waals surface area contributed by atoms with E-state index in [0.717, 1.165) is 12.5 Å². The van der Waals surface area contributed by atoms with Crippen LogP contribution in [0.15, 0.2) is 24.3 Å². The summed E-state index contributed by atoms with van der Waals surface area (Å²) in [4.78, 5) is 0. The molecule has 1 aliphatic rings. The van der Waals surface area contributed by atoms with Crippen LogP contribution >= 0.6 is 0 Å². The first-order valence-corrected chi connectivity index (χ1v) is 6.04. The molecule has 3 unspecified atom stereocenters. The Kier molecular flexibility index (Phi) is 4.01. The summed E-state index contributed by atoms with van der Waals surface area (Å²) in [5.74, 6) is 0.682. The lowest BCUT2D eigenvalue weighted by Crippen LogP contribution is -2.44. The van der Waals surface area contributed by atoms with Crippen LogP contribution in [0.3, 0.4) is 0 Å². The minimum Gasteiger partial charge on any atom is -0.490 e. The molecule has 1 aliphatic heterocycles. The molecule has 0 radical (unpaired) electrons. The van der Waals surface area contributed by atoms with Gasteiger partial charge in [0.15, 0.2) is 6.10 Å². The van der Waals surface area contributed by atoms with E-state index in [0.29, 0.717) is 5.75 Å². The number of para-hydroxylation sites is 1. The first kappa shape index (κ1) is 14.1. The van der Waals surface area contributed by atoms with Gasteiger partial charge in [0.1, 0.15) is 18.5 Å². The van der Waals surface area contributed by atoms with Crippen molar-refractivity contribution in [2.24, 2.45) is 0 Å². The molecule has 3 nitrogen and oxygen atoms in total. The van der Waals surface area contributed by atoms with E-state index in [1.807, 2.05) is 18.2 Å². The van der Waals surface area contributed by atoms with Crippen molar-refractivity contribution < 1.29 is 22.6 Å². The highest BCUT2D eigenvalue weighted by molar-refractivity contribution is 5.38. The number of rotatable bonds is 3. The van der Waals surface area contributed by atoms with Gasteiger partial charge in [0.05, 0.1) is 6.04 Å². The fourth-order valence-electron chi connectivity index (χ4n) is 2.14. The third-order valence-electron chi connectivity index (χ3n) is 3.18. The van der Waals surface area contributed by atoms with E-state index in [2.05, 4.69) is 5.32 Å². The molecule has 0 aromatic heterocycles. The van der Waals surface area contributed by atoms with Gasteiger partial charge in [-0.15, -0.1) is 0 Å². The second kappa shape index (κ2) is 5.38. The Morgan fingerprint density at radius 1 is 1.37 bits per heavy atom. The van der Waals surface area contributed by atoms with E-state index >= 15 is 0 Å². The van der Waals surface area contributed by atoms with Crippen LogP contribution in [0.5, 0.6) is 5.75 Å². The molecule has 1 aromatic carbocycles. The Balaban J connectivity index is 2.16. The molecule has 19 heavy (non-hydrogen) atoms. The molecule has 2 rings (SSSR count). The van der Waals surface area contributed by atoms with Crippen molar-refractivity contribution in [2.75, 3.05) is 13.7 Å². The molecule has 3 atom stereocenters. The van der Waals surface area contributed by atoms with Crippen molar-refractivity contribution in [1.29, 1.82) is 0 Å². The van der Waals surface area contributed by atoms with Crippen LogP contribution in [0, 0.1) is 0 Å². The van der Waals surface area contributed by atoms with E-state index in [4.69, 9.17) is 9.47 Å². The number of halogens is 3. The second-order valence-corrected chi connectivity index (χ2v) is 4.47. The number of likely N-dealkylation sites (N-methyl/N-ethyl adjacent to an activating group) is 1.